The van der Waals surface area contributed by atoms with Crippen molar-refractivity contribution in [1.82, 2.24) is 4.90 Å². The zero-order chi connectivity index (χ0) is 22.2. The fourth-order valence-electron chi connectivity index (χ4n) is 4.73. The summed E-state index contributed by atoms with van der Waals surface area (Å²) in [7, 11) is 0. The Morgan fingerprint density at radius 3 is 2.12 bits per heavy atom. The van der Waals surface area contributed by atoms with Crippen LogP contribution in [0.25, 0.3) is 0 Å². The highest BCUT2D eigenvalue weighted by Gasteiger charge is 2.41. The first kappa shape index (κ1) is 22.1. The van der Waals surface area contributed by atoms with Crippen LogP contribution >= 0.6 is 0 Å². The number of hydrogen-bond donors (Lipinski definition) is 1. The molecule has 0 amide bonds. The minimum Gasteiger partial charge on any atom is -0.494 e. The molecule has 0 unspecified atom stereocenters. The monoisotopic (exact) mass is 426 g/mol. The SMILES string of the molecule is N#Cc1cccc(OCCCN2CCC(C(O)(c3ccccc3)c3ccccc3)CC2)c1. The smallest absolute Gasteiger partial charge is 0.120 e. The molecule has 3 aromatic carbocycles. The lowest BCUT2D eigenvalue weighted by atomic mass is 9.72. The van der Waals surface area contributed by atoms with Crippen LogP contribution in [0.4, 0.5) is 0 Å². The van der Waals surface area contributed by atoms with Crippen molar-refractivity contribution >= 4 is 0 Å². The summed E-state index contributed by atoms with van der Waals surface area (Å²) in [5, 5.41) is 21.0. The van der Waals surface area contributed by atoms with Crippen LogP contribution in [0.2, 0.25) is 0 Å². The van der Waals surface area contributed by atoms with Gasteiger partial charge in [-0.15, -0.1) is 0 Å². The third-order valence-electron chi connectivity index (χ3n) is 6.46. The van der Waals surface area contributed by atoms with Crippen LogP contribution < -0.4 is 4.74 Å². The van der Waals surface area contributed by atoms with Crippen LogP contribution in [-0.4, -0.2) is 36.2 Å². The Morgan fingerprint density at radius 2 is 1.53 bits per heavy atom. The normalized spacial score (nSPS) is 15.2. The second kappa shape index (κ2) is 10.5. The molecule has 0 bridgehead atoms. The average Bonchev–Trinajstić information content (AvgIpc) is 2.87. The molecule has 1 fully saturated rings. The molecular formula is C28H30N2O2. The van der Waals surface area contributed by atoms with Crippen LogP contribution in [0.15, 0.2) is 84.9 Å². The number of benzene rings is 3. The van der Waals surface area contributed by atoms with E-state index in [0.717, 1.165) is 55.8 Å². The lowest BCUT2D eigenvalue weighted by Crippen LogP contribution is -2.44. The molecule has 3 aromatic rings. The molecule has 0 radical (unpaired) electrons. The molecule has 0 saturated carbocycles. The van der Waals surface area contributed by atoms with Gasteiger partial charge >= 0.3 is 0 Å². The summed E-state index contributed by atoms with van der Waals surface area (Å²) in [5.74, 6) is 0.923. The summed E-state index contributed by atoms with van der Waals surface area (Å²) >= 11 is 0. The van der Waals surface area contributed by atoms with Crippen LogP contribution in [-0.2, 0) is 5.60 Å². The molecule has 0 aliphatic carbocycles. The summed E-state index contributed by atoms with van der Waals surface area (Å²) in [6.07, 6.45) is 2.83. The van der Waals surface area contributed by atoms with E-state index in [0.29, 0.717) is 12.2 Å². The van der Waals surface area contributed by atoms with E-state index >= 15 is 0 Å². The summed E-state index contributed by atoms with van der Waals surface area (Å²) in [6.45, 7) is 3.54. The van der Waals surface area contributed by atoms with Gasteiger partial charge in [-0.1, -0.05) is 66.7 Å². The highest BCUT2D eigenvalue weighted by molar-refractivity contribution is 5.37. The average molecular weight is 427 g/mol. The molecule has 4 rings (SSSR count). The first-order valence-corrected chi connectivity index (χ1v) is 11.4. The number of nitriles is 1. The molecule has 4 heteroatoms. The summed E-state index contributed by atoms with van der Waals surface area (Å²) < 4.78 is 5.81. The quantitative estimate of drug-likeness (QED) is 0.517. The maximum atomic E-state index is 12.0. The van der Waals surface area contributed by atoms with Crippen LogP contribution in [0.1, 0.15) is 36.0 Å². The molecule has 1 N–H and O–H groups in total. The van der Waals surface area contributed by atoms with Crippen molar-refractivity contribution in [2.24, 2.45) is 5.92 Å². The molecule has 1 heterocycles. The molecule has 1 aliphatic rings. The fraction of sp³-hybridized carbons (Fsp3) is 0.321. The molecule has 1 saturated heterocycles. The van der Waals surface area contributed by atoms with Gasteiger partial charge in [0.15, 0.2) is 0 Å². The van der Waals surface area contributed by atoms with Crippen molar-refractivity contribution in [3.8, 4) is 11.8 Å². The highest BCUT2D eigenvalue weighted by Crippen LogP contribution is 2.41. The van der Waals surface area contributed by atoms with Crippen molar-refractivity contribution in [2.75, 3.05) is 26.2 Å². The highest BCUT2D eigenvalue weighted by atomic mass is 16.5. The first-order valence-electron chi connectivity index (χ1n) is 11.4. The Hall–Kier alpha value is -3.13. The molecule has 0 spiro atoms. The second-order valence-electron chi connectivity index (χ2n) is 8.46. The maximum absolute atomic E-state index is 12.0. The Balaban J connectivity index is 1.33. The molecular weight excluding hydrogens is 396 g/mol. The predicted octanol–water partition coefficient (Wildman–Crippen LogP) is 4.98. The molecule has 32 heavy (non-hydrogen) atoms. The van der Waals surface area contributed by atoms with Crippen molar-refractivity contribution < 1.29 is 9.84 Å². The summed E-state index contributed by atoms with van der Waals surface area (Å²) in [5.41, 5.74) is 1.59. The third-order valence-corrected chi connectivity index (χ3v) is 6.46. The zero-order valence-corrected chi connectivity index (χ0v) is 18.4. The van der Waals surface area contributed by atoms with E-state index in [-0.39, 0.29) is 5.92 Å². The van der Waals surface area contributed by atoms with Gasteiger partial charge < -0.3 is 14.7 Å². The standard InChI is InChI=1S/C28H30N2O2/c29-22-23-9-7-14-27(21-23)32-20-8-17-30-18-15-26(16-19-30)28(31,24-10-3-1-4-11-24)25-12-5-2-6-13-25/h1-7,9-14,21,26,31H,8,15-20H2. The number of piperidine rings is 1. The lowest BCUT2D eigenvalue weighted by molar-refractivity contribution is -0.0146. The number of hydrogen-bond acceptors (Lipinski definition) is 4. The second-order valence-corrected chi connectivity index (χ2v) is 8.46. The van der Waals surface area contributed by atoms with E-state index in [2.05, 4.69) is 11.0 Å². The number of ether oxygens (including phenoxy) is 1. The van der Waals surface area contributed by atoms with Gasteiger partial charge in [-0.05, 0) is 67.6 Å². The van der Waals surface area contributed by atoms with Gasteiger partial charge in [-0.3, -0.25) is 0 Å². The fourth-order valence-corrected chi connectivity index (χ4v) is 4.73. The number of likely N-dealkylation sites (tertiary alicyclic amines) is 1. The molecule has 1 aliphatic heterocycles. The van der Waals surface area contributed by atoms with E-state index < -0.39 is 5.60 Å². The molecule has 4 nitrogen and oxygen atoms in total. The van der Waals surface area contributed by atoms with Crippen LogP contribution in [0, 0.1) is 17.2 Å². The Kier molecular flexibility index (Phi) is 7.21. The number of aliphatic hydroxyl groups is 1. The number of nitrogens with zero attached hydrogens (tertiary/aromatic N) is 2. The Bertz CT molecular complexity index is 983. The molecule has 0 atom stereocenters. The van der Waals surface area contributed by atoms with Gasteiger partial charge in [0.1, 0.15) is 11.4 Å². The van der Waals surface area contributed by atoms with Gasteiger partial charge in [0, 0.05) is 6.54 Å². The van der Waals surface area contributed by atoms with Gasteiger partial charge in [0.05, 0.1) is 18.2 Å². The van der Waals surface area contributed by atoms with Crippen molar-refractivity contribution in [2.45, 2.75) is 24.9 Å². The Labute approximate surface area is 190 Å². The minimum absolute atomic E-state index is 0.175. The zero-order valence-electron chi connectivity index (χ0n) is 18.4. The van der Waals surface area contributed by atoms with Crippen molar-refractivity contribution in [1.29, 1.82) is 5.26 Å². The minimum atomic E-state index is -0.969. The molecule has 0 aromatic heterocycles. The third kappa shape index (κ3) is 5.02. The van der Waals surface area contributed by atoms with E-state index in [4.69, 9.17) is 10.00 Å². The van der Waals surface area contributed by atoms with Crippen molar-refractivity contribution in [3.05, 3.63) is 102 Å². The maximum Gasteiger partial charge on any atom is 0.120 e. The van der Waals surface area contributed by atoms with Gasteiger partial charge in [-0.25, -0.2) is 0 Å². The van der Waals surface area contributed by atoms with E-state index in [1.807, 2.05) is 72.8 Å². The van der Waals surface area contributed by atoms with E-state index in [1.165, 1.54) is 0 Å². The molecule has 164 valence electrons. The van der Waals surface area contributed by atoms with Gasteiger partial charge in [-0.2, -0.15) is 5.26 Å². The first-order chi connectivity index (χ1) is 15.7. The number of rotatable bonds is 8. The predicted molar refractivity (Wildman–Crippen MR) is 126 cm³/mol. The summed E-state index contributed by atoms with van der Waals surface area (Å²) in [4.78, 5) is 2.46. The van der Waals surface area contributed by atoms with Crippen molar-refractivity contribution in [3.63, 3.8) is 0 Å². The van der Waals surface area contributed by atoms with E-state index in [1.54, 1.807) is 12.1 Å². The van der Waals surface area contributed by atoms with E-state index in [9.17, 15) is 5.11 Å². The summed E-state index contributed by atoms with van der Waals surface area (Å²) in [6, 6.07) is 29.6. The van der Waals surface area contributed by atoms with Crippen LogP contribution in [0.5, 0.6) is 5.75 Å². The largest absolute Gasteiger partial charge is 0.494 e. The van der Waals surface area contributed by atoms with Crippen LogP contribution in [0.3, 0.4) is 0 Å². The van der Waals surface area contributed by atoms with Gasteiger partial charge in [0.25, 0.3) is 0 Å². The van der Waals surface area contributed by atoms with Gasteiger partial charge in [0.2, 0.25) is 0 Å². The topological polar surface area (TPSA) is 56.5 Å². The Morgan fingerprint density at radius 1 is 0.906 bits per heavy atom. The lowest BCUT2D eigenvalue weighted by Gasteiger charge is -2.42.